The molecule has 0 aliphatic carbocycles. The fraction of sp³-hybridized carbons (Fsp3) is 0.474. The first kappa shape index (κ1) is 22.5. The number of anilines is 3. The molecule has 0 unspecified atom stereocenters. The molecule has 3 N–H and O–H groups in total. The highest BCUT2D eigenvalue weighted by atomic mass is 35.5. The Kier molecular flexibility index (Phi) is 6.37. The largest absolute Gasteiger partial charge is 0.393 e. The number of nitrogen functional groups attached to an aromatic ring is 1. The van der Waals surface area contributed by atoms with Crippen LogP contribution in [0.4, 0.5) is 26.1 Å². The number of benzene rings is 1. The molecule has 3 rings (SSSR count). The Balaban J connectivity index is 2.01. The zero-order chi connectivity index (χ0) is 22.1. The Labute approximate surface area is 179 Å². The lowest BCUT2D eigenvalue weighted by Crippen LogP contribution is -2.28. The van der Waals surface area contributed by atoms with E-state index in [9.17, 15) is 17.2 Å². The highest BCUT2D eigenvalue weighted by Crippen LogP contribution is 2.36. The van der Waals surface area contributed by atoms with Crippen molar-refractivity contribution in [2.45, 2.75) is 37.9 Å². The van der Waals surface area contributed by atoms with Gasteiger partial charge in [-0.05, 0) is 17.5 Å². The molecule has 164 valence electrons. The SMILES string of the molecule is CC(C)CS(=O)(=O)c1nc(NCc2ccccc2Cl)c(N)c(N2CCC(F)(F)C2)n1. The van der Waals surface area contributed by atoms with Crippen molar-refractivity contribution >= 4 is 38.8 Å². The molecule has 2 heterocycles. The van der Waals surface area contributed by atoms with Crippen LogP contribution in [0.3, 0.4) is 0 Å². The quantitative estimate of drug-likeness (QED) is 0.610. The van der Waals surface area contributed by atoms with Gasteiger partial charge in [0.15, 0.2) is 11.6 Å². The van der Waals surface area contributed by atoms with Crippen LogP contribution in [0.5, 0.6) is 0 Å². The molecule has 1 saturated heterocycles. The summed E-state index contributed by atoms with van der Waals surface area (Å²) >= 11 is 6.17. The normalized spacial score (nSPS) is 16.3. The number of nitrogens with two attached hydrogens (primary N) is 1. The minimum absolute atomic E-state index is 0.00818. The highest BCUT2D eigenvalue weighted by molar-refractivity contribution is 7.91. The van der Waals surface area contributed by atoms with Gasteiger partial charge in [0.25, 0.3) is 11.1 Å². The van der Waals surface area contributed by atoms with Crippen LogP contribution in [0, 0.1) is 5.92 Å². The standard InChI is InChI=1S/C19H24ClF2N5O2S/c1-12(2)10-30(28,29)18-25-16(24-9-13-5-3-4-6-14(13)20)15(23)17(26-18)27-8-7-19(21,22)11-27/h3-6,12H,7-11,23H2,1-2H3,(H,24,25,26). The monoisotopic (exact) mass is 459 g/mol. The maximum atomic E-state index is 13.8. The fourth-order valence-electron chi connectivity index (χ4n) is 3.20. The molecule has 1 fully saturated rings. The summed E-state index contributed by atoms with van der Waals surface area (Å²) in [4.78, 5) is 9.50. The van der Waals surface area contributed by atoms with Gasteiger partial charge in [-0.2, -0.15) is 9.97 Å². The van der Waals surface area contributed by atoms with Gasteiger partial charge in [0.1, 0.15) is 5.69 Å². The van der Waals surface area contributed by atoms with E-state index in [0.717, 1.165) is 5.56 Å². The second-order valence-corrected chi connectivity index (χ2v) is 10.1. The summed E-state index contributed by atoms with van der Waals surface area (Å²) < 4.78 is 53.0. The van der Waals surface area contributed by atoms with E-state index in [0.29, 0.717) is 5.02 Å². The molecular formula is C19H24ClF2N5O2S. The van der Waals surface area contributed by atoms with Gasteiger partial charge in [0.05, 0.1) is 12.3 Å². The van der Waals surface area contributed by atoms with Crippen LogP contribution in [-0.2, 0) is 16.4 Å². The molecule has 0 saturated carbocycles. The van der Waals surface area contributed by atoms with E-state index in [4.69, 9.17) is 17.3 Å². The van der Waals surface area contributed by atoms with E-state index in [2.05, 4.69) is 15.3 Å². The Morgan fingerprint density at radius 3 is 2.60 bits per heavy atom. The van der Waals surface area contributed by atoms with Crippen molar-refractivity contribution in [2.24, 2.45) is 5.92 Å². The van der Waals surface area contributed by atoms with Crippen LogP contribution in [-0.4, -0.2) is 43.2 Å². The smallest absolute Gasteiger partial charge is 0.266 e. The molecule has 1 aromatic heterocycles. The maximum Gasteiger partial charge on any atom is 0.266 e. The summed E-state index contributed by atoms with van der Waals surface area (Å²) in [5.74, 6) is -3.16. The van der Waals surface area contributed by atoms with Crippen LogP contribution < -0.4 is 16.0 Å². The van der Waals surface area contributed by atoms with Crippen LogP contribution in [0.1, 0.15) is 25.8 Å². The van der Waals surface area contributed by atoms with Crippen molar-refractivity contribution in [3.05, 3.63) is 34.9 Å². The molecule has 0 spiro atoms. The van der Waals surface area contributed by atoms with Crippen molar-refractivity contribution in [2.75, 3.05) is 34.8 Å². The van der Waals surface area contributed by atoms with Gasteiger partial charge in [-0.3, -0.25) is 0 Å². The third-order valence-corrected chi connectivity index (χ3v) is 6.82. The Morgan fingerprint density at radius 2 is 2.00 bits per heavy atom. The number of alkyl halides is 2. The fourth-order valence-corrected chi connectivity index (χ4v) is 4.89. The second kappa shape index (κ2) is 8.50. The predicted octanol–water partition coefficient (Wildman–Crippen LogP) is 3.60. The first-order valence-corrected chi connectivity index (χ1v) is 11.5. The third-order valence-electron chi connectivity index (χ3n) is 4.61. The predicted molar refractivity (Wildman–Crippen MR) is 114 cm³/mol. The molecule has 7 nitrogen and oxygen atoms in total. The van der Waals surface area contributed by atoms with E-state index in [1.165, 1.54) is 4.90 Å². The lowest BCUT2D eigenvalue weighted by atomic mass is 10.2. The third kappa shape index (κ3) is 5.10. The van der Waals surface area contributed by atoms with Gasteiger partial charge in [-0.15, -0.1) is 0 Å². The molecular weight excluding hydrogens is 436 g/mol. The number of rotatable bonds is 7. The number of hydrogen-bond donors (Lipinski definition) is 2. The van der Waals surface area contributed by atoms with Crippen molar-refractivity contribution in [3.8, 4) is 0 Å². The van der Waals surface area contributed by atoms with E-state index in [1.54, 1.807) is 32.0 Å². The number of aromatic nitrogens is 2. The minimum atomic E-state index is -3.83. The van der Waals surface area contributed by atoms with E-state index in [-0.39, 0.29) is 48.5 Å². The lowest BCUT2D eigenvalue weighted by molar-refractivity contribution is 0.0257. The number of sulfone groups is 1. The zero-order valence-electron chi connectivity index (χ0n) is 16.7. The van der Waals surface area contributed by atoms with Crippen molar-refractivity contribution < 1.29 is 17.2 Å². The van der Waals surface area contributed by atoms with Crippen LogP contribution in [0.15, 0.2) is 29.4 Å². The lowest BCUT2D eigenvalue weighted by Gasteiger charge is -2.21. The van der Waals surface area contributed by atoms with Gasteiger partial charge in [0, 0.05) is 24.5 Å². The first-order valence-electron chi connectivity index (χ1n) is 9.49. The Bertz CT molecular complexity index is 1030. The Hall–Kier alpha value is -2.20. The van der Waals surface area contributed by atoms with E-state index in [1.807, 2.05) is 6.07 Å². The number of nitrogens with one attached hydrogen (secondary N) is 1. The average Bonchev–Trinajstić information content (AvgIpc) is 3.00. The second-order valence-electron chi connectivity index (χ2n) is 7.74. The maximum absolute atomic E-state index is 13.8. The molecule has 0 amide bonds. The van der Waals surface area contributed by atoms with Crippen LogP contribution >= 0.6 is 11.6 Å². The van der Waals surface area contributed by atoms with E-state index >= 15 is 0 Å². The zero-order valence-corrected chi connectivity index (χ0v) is 18.3. The van der Waals surface area contributed by atoms with Gasteiger partial charge < -0.3 is 16.0 Å². The molecule has 30 heavy (non-hydrogen) atoms. The molecule has 0 radical (unpaired) electrons. The molecule has 1 aliphatic heterocycles. The minimum Gasteiger partial charge on any atom is -0.393 e. The number of halogens is 3. The van der Waals surface area contributed by atoms with Crippen molar-refractivity contribution in [3.63, 3.8) is 0 Å². The average molecular weight is 460 g/mol. The molecule has 0 bridgehead atoms. The van der Waals surface area contributed by atoms with Crippen LogP contribution in [0.25, 0.3) is 0 Å². The number of hydrogen-bond acceptors (Lipinski definition) is 7. The van der Waals surface area contributed by atoms with Crippen molar-refractivity contribution in [1.82, 2.24) is 9.97 Å². The summed E-state index contributed by atoms with van der Waals surface area (Å²) in [5.41, 5.74) is 6.93. The summed E-state index contributed by atoms with van der Waals surface area (Å²) in [6, 6.07) is 7.11. The molecule has 2 aromatic rings. The summed E-state index contributed by atoms with van der Waals surface area (Å²) in [7, 11) is -3.83. The van der Waals surface area contributed by atoms with Crippen LogP contribution in [0.2, 0.25) is 5.02 Å². The summed E-state index contributed by atoms with van der Waals surface area (Å²) in [6.45, 7) is 3.17. The molecule has 1 aromatic carbocycles. The van der Waals surface area contributed by atoms with Gasteiger partial charge in [-0.25, -0.2) is 17.2 Å². The van der Waals surface area contributed by atoms with E-state index < -0.39 is 27.5 Å². The summed E-state index contributed by atoms with van der Waals surface area (Å²) in [5, 5.41) is 3.07. The van der Waals surface area contributed by atoms with Gasteiger partial charge in [0.2, 0.25) is 9.84 Å². The molecule has 11 heteroatoms. The number of nitrogens with zero attached hydrogens (tertiary/aromatic N) is 3. The highest BCUT2D eigenvalue weighted by Gasteiger charge is 2.40. The van der Waals surface area contributed by atoms with Crippen molar-refractivity contribution in [1.29, 1.82) is 0 Å². The summed E-state index contributed by atoms with van der Waals surface area (Å²) in [6.07, 6.45) is -0.354. The van der Waals surface area contributed by atoms with Gasteiger partial charge >= 0.3 is 0 Å². The Morgan fingerprint density at radius 1 is 1.30 bits per heavy atom. The molecule has 0 atom stereocenters. The first-order chi connectivity index (χ1) is 14.0. The van der Waals surface area contributed by atoms with Gasteiger partial charge in [-0.1, -0.05) is 43.6 Å². The molecule has 1 aliphatic rings. The topological polar surface area (TPSA) is 101 Å².